The summed E-state index contributed by atoms with van der Waals surface area (Å²) in [6.45, 7) is 0.393. The Morgan fingerprint density at radius 3 is 2.53 bits per heavy atom. The molecule has 2 heterocycles. The van der Waals surface area contributed by atoms with Gasteiger partial charge in [-0.15, -0.1) is 0 Å². The van der Waals surface area contributed by atoms with Crippen LogP contribution in [0.1, 0.15) is 16.3 Å². The summed E-state index contributed by atoms with van der Waals surface area (Å²) in [6, 6.07) is 6.74. The van der Waals surface area contributed by atoms with E-state index in [1.54, 1.807) is 31.4 Å². The van der Waals surface area contributed by atoms with Crippen LogP contribution in [0.25, 0.3) is 11.5 Å². The highest BCUT2D eigenvalue weighted by atomic mass is 16.5. The summed E-state index contributed by atoms with van der Waals surface area (Å²) in [5.74, 6) is 1.35. The van der Waals surface area contributed by atoms with Gasteiger partial charge in [-0.3, -0.25) is 0 Å². The van der Waals surface area contributed by atoms with Gasteiger partial charge in [0.1, 0.15) is 12.4 Å². The average molecular weight is 236 g/mol. The molecule has 0 aliphatic carbocycles. The van der Waals surface area contributed by atoms with E-state index in [2.05, 4.69) is 4.74 Å². The van der Waals surface area contributed by atoms with Gasteiger partial charge in [0.15, 0.2) is 11.5 Å². The Balaban J connectivity index is 2.21. The number of esters is 1. The van der Waals surface area contributed by atoms with Gasteiger partial charge in [0.2, 0.25) is 5.76 Å². The van der Waals surface area contributed by atoms with Crippen LogP contribution >= 0.6 is 0 Å². The van der Waals surface area contributed by atoms with Crippen molar-refractivity contribution in [2.45, 2.75) is 6.61 Å². The molecule has 0 saturated carbocycles. The second-order valence-electron chi connectivity index (χ2n) is 3.35. The van der Waals surface area contributed by atoms with Gasteiger partial charge in [0.05, 0.1) is 7.11 Å². The van der Waals surface area contributed by atoms with Crippen LogP contribution in [-0.2, 0) is 16.1 Å². The standard InChI is InChI=1S/C12H12O5/c1-14-7-8-3-4-9(16-8)10-5-6-11(17-10)12(13)15-2/h3-6H,7H2,1-2H3. The predicted molar refractivity (Wildman–Crippen MR) is 58.5 cm³/mol. The maximum Gasteiger partial charge on any atom is 0.373 e. The highest BCUT2D eigenvalue weighted by molar-refractivity contribution is 5.86. The first-order valence-electron chi connectivity index (χ1n) is 5.00. The molecule has 0 bridgehead atoms. The van der Waals surface area contributed by atoms with Crippen molar-refractivity contribution in [3.63, 3.8) is 0 Å². The summed E-state index contributed by atoms with van der Waals surface area (Å²) in [7, 11) is 2.89. The molecule has 0 amide bonds. The van der Waals surface area contributed by atoms with Gasteiger partial charge < -0.3 is 18.3 Å². The Kier molecular flexibility index (Phi) is 3.30. The first kappa shape index (κ1) is 11.5. The van der Waals surface area contributed by atoms with Gasteiger partial charge in [-0.1, -0.05) is 0 Å². The fraction of sp³-hybridized carbons (Fsp3) is 0.250. The van der Waals surface area contributed by atoms with Gasteiger partial charge in [-0.2, -0.15) is 0 Å². The van der Waals surface area contributed by atoms with Crippen molar-refractivity contribution in [2.24, 2.45) is 0 Å². The third-order valence-corrected chi connectivity index (χ3v) is 2.18. The first-order chi connectivity index (χ1) is 8.24. The maximum absolute atomic E-state index is 11.2. The third kappa shape index (κ3) is 2.39. The summed E-state index contributed by atoms with van der Waals surface area (Å²) in [4.78, 5) is 11.2. The zero-order valence-electron chi connectivity index (χ0n) is 9.56. The lowest BCUT2D eigenvalue weighted by Gasteiger charge is -1.94. The Bertz CT molecular complexity index is 508. The monoisotopic (exact) mass is 236 g/mol. The molecule has 0 saturated heterocycles. The molecule has 90 valence electrons. The van der Waals surface area contributed by atoms with Crippen LogP contribution in [0.15, 0.2) is 33.1 Å². The molecule has 2 rings (SSSR count). The van der Waals surface area contributed by atoms with Gasteiger partial charge in [-0.05, 0) is 24.3 Å². The third-order valence-electron chi connectivity index (χ3n) is 2.18. The number of carbonyl (C=O) groups excluding carboxylic acids is 1. The van der Waals surface area contributed by atoms with E-state index < -0.39 is 5.97 Å². The van der Waals surface area contributed by atoms with E-state index in [9.17, 15) is 4.79 Å². The number of ether oxygens (including phenoxy) is 2. The predicted octanol–water partition coefficient (Wildman–Crippen LogP) is 2.47. The van der Waals surface area contributed by atoms with E-state index in [0.29, 0.717) is 23.9 Å². The summed E-state index contributed by atoms with van der Waals surface area (Å²) in [5.41, 5.74) is 0. The molecule has 17 heavy (non-hydrogen) atoms. The lowest BCUT2D eigenvalue weighted by atomic mass is 10.3. The van der Waals surface area contributed by atoms with Crippen molar-refractivity contribution < 1.29 is 23.1 Å². The van der Waals surface area contributed by atoms with E-state index in [1.807, 2.05) is 0 Å². The molecule has 0 aromatic carbocycles. The molecule has 0 N–H and O–H groups in total. The van der Waals surface area contributed by atoms with E-state index in [4.69, 9.17) is 13.6 Å². The smallest absolute Gasteiger partial charge is 0.373 e. The zero-order chi connectivity index (χ0) is 12.3. The van der Waals surface area contributed by atoms with Crippen molar-refractivity contribution in [3.8, 4) is 11.5 Å². The van der Waals surface area contributed by atoms with Crippen molar-refractivity contribution >= 4 is 5.97 Å². The maximum atomic E-state index is 11.2. The highest BCUT2D eigenvalue weighted by Crippen LogP contribution is 2.25. The van der Waals surface area contributed by atoms with E-state index in [1.165, 1.54) is 7.11 Å². The SMILES string of the molecule is COCc1ccc(-c2ccc(C(=O)OC)o2)o1. The minimum atomic E-state index is -0.514. The summed E-state index contributed by atoms with van der Waals surface area (Å²) in [5, 5.41) is 0. The molecule has 0 spiro atoms. The average Bonchev–Trinajstić information content (AvgIpc) is 2.96. The molecule has 0 unspecified atom stereocenters. The number of furan rings is 2. The van der Waals surface area contributed by atoms with Gasteiger partial charge in [-0.25, -0.2) is 4.79 Å². The molecule has 2 aromatic heterocycles. The van der Waals surface area contributed by atoms with Gasteiger partial charge in [0.25, 0.3) is 0 Å². The Labute approximate surface area is 97.9 Å². The van der Waals surface area contributed by atoms with Crippen LogP contribution in [0.5, 0.6) is 0 Å². The lowest BCUT2D eigenvalue weighted by molar-refractivity contribution is 0.0566. The van der Waals surface area contributed by atoms with Crippen LogP contribution in [0.4, 0.5) is 0 Å². The second-order valence-corrected chi connectivity index (χ2v) is 3.35. The van der Waals surface area contributed by atoms with Crippen LogP contribution in [0, 0.1) is 0 Å². The fourth-order valence-corrected chi connectivity index (χ4v) is 1.41. The minimum Gasteiger partial charge on any atom is -0.463 e. The van der Waals surface area contributed by atoms with Crippen molar-refractivity contribution in [2.75, 3.05) is 14.2 Å². The molecule has 0 atom stereocenters. The van der Waals surface area contributed by atoms with Gasteiger partial charge >= 0.3 is 5.97 Å². The number of rotatable bonds is 4. The molecular weight excluding hydrogens is 224 g/mol. The Morgan fingerprint density at radius 2 is 1.82 bits per heavy atom. The molecule has 0 fully saturated rings. The molecule has 0 aliphatic heterocycles. The van der Waals surface area contributed by atoms with Gasteiger partial charge in [0, 0.05) is 7.11 Å². The molecule has 2 aromatic rings. The second kappa shape index (κ2) is 4.88. The van der Waals surface area contributed by atoms with Crippen molar-refractivity contribution in [1.82, 2.24) is 0 Å². The molecule has 0 aliphatic rings. The van der Waals surface area contributed by atoms with Crippen LogP contribution < -0.4 is 0 Å². The summed E-state index contributed by atoms with van der Waals surface area (Å²) < 4.78 is 20.3. The quantitative estimate of drug-likeness (QED) is 0.763. The van der Waals surface area contributed by atoms with E-state index in [0.717, 1.165) is 0 Å². The summed E-state index contributed by atoms with van der Waals surface area (Å²) >= 11 is 0. The number of methoxy groups -OCH3 is 2. The topological polar surface area (TPSA) is 61.8 Å². The van der Waals surface area contributed by atoms with E-state index in [-0.39, 0.29) is 5.76 Å². The molecular formula is C12H12O5. The Morgan fingerprint density at radius 1 is 1.12 bits per heavy atom. The van der Waals surface area contributed by atoms with Crippen LogP contribution in [0.2, 0.25) is 0 Å². The van der Waals surface area contributed by atoms with E-state index >= 15 is 0 Å². The number of hydrogen-bond acceptors (Lipinski definition) is 5. The number of hydrogen-bond donors (Lipinski definition) is 0. The zero-order valence-corrected chi connectivity index (χ0v) is 9.56. The normalized spacial score (nSPS) is 10.5. The lowest BCUT2D eigenvalue weighted by Crippen LogP contribution is -1.98. The van der Waals surface area contributed by atoms with Crippen molar-refractivity contribution in [1.29, 1.82) is 0 Å². The molecule has 5 heteroatoms. The fourth-order valence-electron chi connectivity index (χ4n) is 1.41. The van der Waals surface area contributed by atoms with Crippen LogP contribution in [0.3, 0.4) is 0 Å². The first-order valence-corrected chi connectivity index (χ1v) is 5.00. The van der Waals surface area contributed by atoms with Crippen molar-refractivity contribution in [3.05, 3.63) is 35.8 Å². The molecule has 5 nitrogen and oxygen atoms in total. The molecule has 0 radical (unpaired) electrons. The number of carbonyl (C=O) groups is 1. The Hall–Kier alpha value is -2.01. The minimum absolute atomic E-state index is 0.146. The van der Waals surface area contributed by atoms with Crippen LogP contribution in [-0.4, -0.2) is 20.2 Å². The largest absolute Gasteiger partial charge is 0.463 e. The highest BCUT2D eigenvalue weighted by Gasteiger charge is 2.14. The summed E-state index contributed by atoms with van der Waals surface area (Å²) in [6.07, 6.45) is 0.